The van der Waals surface area contributed by atoms with Crippen molar-refractivity contribution in [3.8, 4) is 5.75 Å². The molecule has 88 valence electrons. The van der Waals surface area contributed by atoms with Gasteiger partial charge in [0.2, 0.25) is 0 Å². The number of hydrogen-bond donors (Lipinski definition) is 2. The van der Waals surface area contributed by atoms with Crippen LogP contribution in [0.5, 0.6) is 5.75 Å². The smallest absolute Gasteiger partial charge is 0.188 e. The molecule has 0 bridgehead atoms. The summed E-state index contributed by atoms with van der Waals surface area (Å²) >= 11 is 0. The summed E-state index contributed by atoms with van der Waals surface area (Å²) in [6.07, 6.45) is 0.806. The Hall–Kier alpha value is -1.71. The van der Waals surface area contributed by atoms with Gasteiger partial charge in [-0.3, -0.25) is 5.41 Å². The maximum absolute atomic E-state index is 7.37. The molecule has 0 heterocycles. The van der Waals surface area contributed by atoms with Gasteiger partial charge in [0.25, 0.3) is 0 Å². The van der Waals surface area contributed by atoms with Crippen LogP contribution in [0.25, 0.3) is 0 Å². The van der Waals surface area contributed by atoms with E-state index in [0.29, 0.717) is 0 Å². The Morgan fingerprint density at radius 2 is 2.12 bits per heavy atom. The molecule has 1 unspecified atom stereocenters. The highest BCUT2D eigenvalue weighted by Gasteiger charge is 2.13. The number of nitrogens with zero attached hydrogens (tertiary/aromatic N) is 1. The van der Waals surface area contributed by atoms with Crippen LogP contribution in [0, 0.1) is 5.41 Å². The van der Waals surface area contributed by atoms with Crippen molar-refractivity contribution in [2.24, 2.45) is 5.73 Å². The monoisotopic (exact) mass is 221 g/mol. The van der Waals surface area contributed by atoms with Crippen LogP contribution in [-0.4, -0.2) is 31.1 Å². The largest absolute Gasteiger partial charge is 0.496 e. The molecule has 1 aromatic rings. The Kier molecular flexibility index (Phi) is 4.17. The second-order valence-corrected chi connectivity index (χ2v) is 3.86. The van der Waals surface area contributed by atoms with E-state index in [1.165, 1.54) is 0 Å². The van der Waals surface area contributed by atoms with Gasteiger partial charge in [-0.05, 0) is 25.0 Å². The van der Waals surface area contributed by atoms with Crippen molar-refractivity contribution < 1.29 is 4.74 Å². The highest BCUT2D eigenvalue weighted by molar-refractivity contribution is 5.74. The third-order valence-electron chi connectivity index (χ3n) is 2.75. The van der Waals surface area contributed by atoms with E-state index in [1.807, 2.05) is 38.2 Å². The Morgan fingerprint density at radius 1 is 1.50 bits per heavy atom. The molecule has 0 fully saturated rings. The molecule has 0 aliphatic rings. The average Bonchev–Trinajstić information content (AvgIpc) is 2.28. The van der Waals surface area contributed by atoms with Gasteiger partial charge in [0.05, 0.1) is 7.11 Å². The first-order chi connectivity index (χ1) is 7.56. The van der Waals surface area contributed by atoms with E-state index in [0.717, 1.165) is 17.7 Å². The van der Waals surface area contributed by atoms with Gasteiger partial charge in [0.1, 0.15) is 5.75 Å². The molecule has 0 aromatic heterocycles. The first kappa shape index (κ1) is 12.4. The van der Waals surface area contributed by atoms with E-state index in [1.54, 1.807) is 12.0 Å². The molecule has 0 radical (unpaired) electrons. The molecule has 0 aliphatic heterocycles. The Morgan fingerprint density at radius 3 is 2.69 bits per heavy atom. The van der Waals surface area contributed by atoms with Crippen LogP contribution < -0.4 is 10.5 Å². The summed E-state index contributed by atoms with van der Waals surface area (Å²) in [7, 11) is 3.49. The quantitative estimate of drug-likeness (QED) is 0.597. The van der Waals surface area contributed by atoms with E-state index < -0.39 is 0 Å². The van der Waals surface area contributed by atoms with Gasteiger partial charge in [-0.1, -0.05) is 18.2 Å². The topological polar surface area (TPSA) is 62.3 Å². The van der Waals surface area contributed by atoms with Crippen LogP contribution >= 0.6 is 0 Å². The average molecular weight is 221 g/mol. The summed E-state index contributed by atoms with van der Waals surface area (Å²) in [6, 6.07) is 8.08. The van der Waals surface area contributed by atoms with Gasteiger partial charge >= 0.3 is 0 Å². The van der Waals surface area contributed by atoms with Crippen molar-refractivity contribution in [2.45, 2.75) is 19.4 Å². The van der Waals surface area contributed by atoms with Crippen molar-refractivity contribution in [1.29, 1.82) is 5.41 Å². The lowest BCUT2D eigenvalue weighted by molar-refractivity contribution is 0.368. The second-order valence-electron chi connectivity index (χ2n) is 3.86. The molecule has 0 aliphatic carbocycles. The molecule has 1 aromatic carbocycles. The summed E-state index contributed by atoms with van der Waals surface area (Å²) < 4.78 is 5.28. The number of nitrogens with two attached hydrogens (primary N) is 1. The fourth-order valence-electron chi connectivity index (χ4n) is 1.56. The maximum atomic E-state index is 7.37. The summed E-state index contributed by atoms with van der Waals surface area (Å²) in [5, 5.41) is 7.37. The van der Waals surface area contributed by atoms with Crippen LogP contribution in [0.15, 0.2) is 24.3 Å². The number of likely N-dealkylation sites (N-methyl/N-ethyl adjacent to an activating group) is 1. The summed E-state index contributed by atoms with van der Waals surface area (Å²) in [5.41, 5.74) is 6.57. The molecule has 4 heteroatoms. The molecule has 3 N–H and O–H groups in total. The maximum Gasteiger partial charge on any atom is 0.188 e. The van der Waals surface area contributed by atoms with Crippen LogP contribution in [0.3, 0.4) is 0 Å². The number of methoxy groups -OCH3 is 1. The Bertz CT molecular complexity index is 365. The van der Waals surface area contributed by atoms with Crippen molar-refractivity contribution in [2.75, 3.05) is 14.2 Å². The number of benzene rings is 1. The number of nitrogens with one attached hydrogen (secondary N) is 1. The number of ether oxygens (including phenoxy) is 1. The van der Waals surface area contributed by atoms with E-state index in [-0.39, 0.29) is 12.0 Å². The van der Waals surface area contributed by atoms with Crippen LogP contribution in [-0.2, 0) is 6.42 Å². The highest BCUT2D eigenvalue weighted by Crippen LogP contribution is 2.19. The lowest BCUT2D eigenvalue weighted by Crippen LogP contribution is -2.40. The van der Waals surface area contributed by atoms with Crippen LogP contribution in [0.1, 0.15) is 12.5 Å². The molecule has 0 saturated heterocycles. The van der Waals surface area contributed by atoms with Gasteiger partial charge in [-0.2, -0.15) is 0 Å². The SMILES string of the molecule is COc1ccccc1CC(C)N(C)C(=N)N. The zero-order chi connectivity index (χ0) is 12.1. The fourth-order valence-corrected chi connectivity index (χ4v) is 1.56. The number of guanidine groups is 1. The van der Waals surface area contributed by atoms with Gasteiger partial charge in [-0.15, -0.1) is 0 Å². The number of rotatable bonds is 4. The first-order valence-electron chi connectivity index (χ1n) is 5.25. The van der Waals surface area contributed by atoms with Crippen molar-refractivity contribution in [3.63, 3.8) is 0 Å². The first-order valence-corrected chi connectivity index (χ1v) is 5.25. The minimum absolute atomic E-state index is 0.0856. The minimum atomic E-state index is 0.0856. The Balaban J connectivity index is 2.76. The van der Waals surface area contributed by atoms with E-state index in [9.17, 15) is 0 Å². The summed E-state index contributed by atoms with van der Waals surface area (Å²) in [4.78, 5) is 1.74. The molecule has 1 rings (SSSR count). The molecular weight excluding hydrogens is 202 g/mol. The molecule has 4 nitrogen and oxygen atoms in total. The van der Waals surface area contributed by atoms with Gasteiger partial charge in [-0.25, -0.2) is 0 Å². The molecule has 16 heavy (non-hydrogen) atoms. The normalized spacial score (nSPS) is 11.9. The molecule has 1 atom stereocenters. The summed E-state index contributed by atoms with van der Waals surface area (Å²) in [6.45, 7) is 2.04. The third-order valence-corrected chi connectivity index (χ3v) is 2.75. The third kappa shape index (κ3) is 2.89. The molecule has 0 saturated carbocycles. The lowest BCUT2D eigenvalue weighted by Gasteiger charge is -2.25. The minimum Gasteiger partial charge on any atom is -0.496 e. The van der Waals surface area contributed by atoms with Gasteiger partial charge < -0.3 is 15.4 Å². The zero-order valence-corrected chi connectivity index (χ0v) is 10.0. The van der Waals surface area contributed by atoms with Crippen LogP contribution in [0.4, 0.5) is 0 Å². The molecular formula is C12H19N3O. The second kappa shape index (κ2) is 5.39. The molecule has 0 spiro atoms. The standard InChI is InChI=1S/C12H19N3O/c1-9(15(2)12(13)14)8-10-6-4-5-7-11(10)16-3/h4-7,9H,8H2,1-3H3,(H3,13,14). The lowest BCUT2D eigenvalue weighted by atomic mass is 10.1. The van der Waals surface area contributed by atoms with E-state index in [2.05, 4.69) is 0 Å². The van der Waals surface area contributed by atoms with Crippen molar-refractivity contribution in [1.82, 2.24) is 4.90 Å². The highest BCUT2D eigenvalue weighted by atomic mass is 16.5. The number of para-hydroxylation sites is 1. The van der Waals surface area contributed by atoms with Crippen molar-refractivity contribution in [3.05, 3.63) is 29.8 Å². The van der Waals surface area contributed by atoms with Gasteiger partial charge in [0.15, 0.2) is 5.96 Å². The van der Waals surface area contributed by atoms with E-state index >= 15 is 0 Å². The molecule has 0 amide bonds. The fraction of sp³-hybridized carbons (Fsp3) is 0.417. The summed E-state index contributed by atoms with van der Waals surface area (Å²) in [5.74, 6) is 0.966. The van der Waals surface area contributed by atoms with Crippen molar-refractivity contribution >= 4 is 5.96 Å². The number of hydrogen-bond acceptors (Lipinski definition) is 2. The van der Waals surface area contributed by atoms with Crippen LogP contribution in [0.2, 0.25) is 0 Å². The predicted octanol–water partition coefficient (Wildman–Crippen LogP) is 1.45. The van der Waals surface area contributed by atoms with E-state index in [4.69, 9.17) is 15.9 Å². The predicted molar refractivity (Wildman–Crippen MR) is 65.8 cm³/mol. The van der Waals surface area contributed by atoms with Gasteiger partial charge in [0, 0.05) is 13.1 Å². The zero-order valence-electron chi connectivity index (χ0n) is 10.0. The Labute approximate surface area is 96.5 Å².